The molecule has 0 aliphatic heterocycles. The van der Waals surface area contributed by atoms with Crippen LogP contribution in [0.5, 0.6) is 0 Å². The van der Waals surface area contributed by atoms with Crippen LogP contribution in [0.1, 0.15) is 45.6 Å². The van der Waals surface area contributed by atoms with Crippen LogP contribution in [0.15, 0.2) is 30.3 Å². The van der Waals surface area contributed by atoms with E-state index in [4.69, 9.17) is 0 Å². The minimum absolute atomic E-state index is 0.990. The van der Waals surface area contributed by atoms with Crippen LogP contribution in [-0.4, -0.2) is 0 Å². The molecule has 16 heavy (non-hydrogen) atoms. The van der Waals surface area contributed by atoms with Crippen molar-refractivity contribution in [3.63, 3.8) is 0 Å². The molecule has 2 rings (SSSR count). The van der Waals surface area contributed by atoms with Crippen molar-refractivity contribution in [2.75, 3.05) is 0 Å². The predicted molar refractivity (Wildman–Crippen MR) is 72.5 cm³/mol. The van der Waals surface area contributed by atoms with E-state index in [1.54, 1.807) is 0 Å². The van der Waals surface area contributed by atoms with E-state index in [-0.39, 0.29) is 0 Å². The maximum Gasteiger partial charge on any atom is -0.0398 e. The molecule has 0 spiro atoms. The van der Waals surface area contributed by atoms with Gasteiger partial charge in [-0.3, -0.25) is 0 Å². The van der Waals surface area contributed by atoms with E-state index in [2.05, 4.69) is 39.8 Å². The molecule has 0 amide bonds. The molecule has 0 bridgehead atoms. The first-order valence-electron chi connectivity index (χ1n) is 6.59. The van der Waals surface area contributed by atoms with Crippen LogP contribution in [0.2, 0.25) is 0 Å². The van der Waals surface area contributed by atoms with E-state index in [1.165, 1.54) is 24.8 Å². The Hall–Kier alpha value is -0.780. The monoisotopic (exact) mass is 218 g/mol. The summed E-state index contributed by atoms with van der Waals surface area (Å²) in [4.78, 5) is 0. The molecule has 1 aromatic rings. The molecule has 1 aliphatic rings. The topological polar surface area (TPSA) is 0 Å². The zero-order chi connectivity index (χ0) is 12.0. The molecule has 0 N–H and O–H groups in total. The molecule has 1 aliphatic carbocycles. The lowest BCUT2D eigenvalue weighted by molar-refractivity contribution is 0.233. The Kier molecular flexibility index (Phi) is 5.59. The van der Waals surface area contributed by atoms with Crippen molar-refractivity contribution in [1.82, 2.24) is 0 Å². The number of hydrogen-bond acceptors (Lipinski definition) is 0. The van der Waals surface area contributed by atoms with Crippen LogP contribution in [0.3, 0.4) is 0 Å². The van der Waals surface area contributed by atoms with Crippen LogP contribution in [0, 0.1) is 24.7 Å². The second-order valence-corrected chi connectivity index (χ2v) is 5.68. The van der Waals surface area contributed by atoms with Gasteiger partial charge in [-0.15, -0.1) is 0 Å². The molecule has 0 nitrogen and oxygen atoms in total. The minimum atomic E-state index is 0.990. The lowest BCUT2D eigenvalue weighted by Crippen LogP contribution is -2.16. The molecular formula is C16H26. The summed E-state index contributed by atoms with van der Waals surface area (Å²) in [5.41, 5.74) is 1.32. The highest BCUT2D eigenvalue weighted by atomic mass is 14.3. The fourth-order valence-corrected chi connectivity index (χ4v) is 2.88. The summed E-state index contributed by atoms with van der Waals surface area (Å²) in [7, 11) is 0. The normalized spacial score (nSPS) is 29.1. The van der Waals surface area contributed by atoms with Gasteiger partial charge in [-0.2, -0.15) is 0 Å². The van der Waals surface area contributed by atoms with Gasteiger partial charge in [0.2, 0.25) is 0 Å². The lowest BCUT2D eigenvalue weighted by atomic mass is 9.78. The molecule has 0 radical (unpaired) electrons. The van der Waals surface area contributed by atoms with Gasteiger partial charge in [-0.25, -0.2) is 0 Å². The summed E-state index contributed by atoms with van der Waals surface area (Å²) < 4.78 is 0. The molecule has 0 atom stereocenters. The molecule has 1 fully saturated rings. The summed E-state index contributed by atoms with van der Waals surface area (Å²) >= 11 is 0. The fraction of sp³-hybridized carbons (Fsp3) is 0.625. The predicted octanol–water partition coefficient (Wildman–Crippen LogP) is 5.07. The van der Waals surface area contributed by atoms with E-state index in [1.807, 2.05) is 18.2 Å². The molecule has 1 aromatic carbocycles. The Labute approximate surface area is 101 Å². The van der Waals surface area contributed by atoms with Gasteiger partial charge in [-0.05, 0) is 43.9 Å². The smallest absolute Gasteiger partial charge is 0.0398 e. The van der Waals surface area contributed by atoms with E-state index in [9.17, 15) is 0 Å². The van der Waals surface area contributed by atoms with Gasteiger partial charge in [0.05, 0.1) is 0 Å². The molecule has 0 aromatic heterocycles. The first kappa shape index (κ1) is 13.3. The summed E-state index contributed by atoms with van der Waals surface area (Å²) in [5.74, 6) is 2.97. The van der Waals surface area contributed by atoms with Crippen molar-refractivity contribution in [1.29, 1.82) is 0 Å². The van der Waals surface area contributed by atoms with Gasteiger partial charge in [0.1, 0.15) is 0 Å². The quantitative estimate of drug-likeness (QED) is 0.570. The third-order valence-corrected chi connectivity index (χ3v) is 3.35. The minimum Gasteiger partial charge on any atom is -0.0625 e. The first-order chi connectivity index (χ1) is 7.58. The average Bonchev–Trinajstić information content (AvgIpc) is 2.17. The van der Waals surface area contributed by atoms with Gasteiger partial charge in [0.15, 0.2) is 0 Å². The van der Waals surface area contributed by atoms with Gasteiger partial charge in [0, 0.05) is 0 Å². The molecular weight excluding hydrogens is 192 g/mol. The second-order valence-electron chi connectivity index (χ2n) is 5.68. The van der Waals surface area contributed by atoms with Crippen molar-refractivity contribution in [2.24, 2.45) is 17.8 Å². The standard InChI is InChI=1S/C9H18.C7H8/c1-7-4-8(2)6-9(3)5-7;1-7-5-3-2-4-6-7/h7-9H,4-6H2,1-3H3;2-6H,1H3. The summed E-state index contributed by atoms with van der Waals surface area (Å²) in [5, 5.41) is 0. The molecule has 0 saturated heterocycles. The maximum absolute atomic E-state index is 2.38. The van der Waals surface area contributed by atoms with Gasteiger partial charge in [-0.1, -0.05) is 56.7 Å². The largest absolute Gasteiger partial charge is 0.0625 e. The van der Waals surface area contributed by atoms with Gasteiger partial charge < -0.3 is 0 Å². The Morgan fingerprint density at radius 2 is 1.12 bits per heavy atom. The number of rotatable bonds is 0. The third-order valence-electron chi connectivity index (χ3n) is 3.35. The second kappa shape index (κ2) is 6.73. The molecule has 0 heteroatoms. The maximum atomic E-state index is 2.38. The highest BCUT2D eigenvalue weighted by Crippen LogP contribution is 2.31. The zero-order valence-corrected chi connectivity index (χ0v) is 11.2. The van der Waals surface area contributed by atoms with Crippen molar-refractivity contribution in [3.8, 4) is 0 Å². The zero-order valence-electron chi connectivity index (χ0n) is 11.2. The summed E-state index contributed by atoms with van der Waals surface area (Å²) in [6.45, 7) is 9.23. The Bertz CT molecular complexity index is 250. The first-order valence-corrected chi connectivity index (χ1v) is 6.59. The van der Waals surface area contributed by atoms with E-state index >= 15 is 0 Å². The van der Waals surface area contributed by atoms with Crippen molar-refractivity contribution in [2.45, 2.75) is 47.0 Å². The Morgan fingerprint density at radius 1 is 0.750 bits per heavy atom. The van der Waals surface area contributed by atoms with E-state index in [0.717, 1.165) is 17.8 Å². The van der Waals surface area contributed by atoms with Crippen molar-refractivity contribution in [3.05, 3.63) is 35.9 Å². The highest BCUT2D eigenvalue weighted by molar-refractivity contribution is 5.11. The Morgan fingerprint density at radius 3 is 1.38 bits per heavy atom. The SMILES string of the molecule is CC1CC(C)CC(C)C1.Cc1ccccc1. The highest BCUT2D eigenvalue weighted by Gasteiger charge is 2.19. The third kappa shape index (κ3) is 5.34. The van der Waals surface area contributed by atoms with Crippen LogP contribution < -0.4 is 0 Å². The molecule has 90 valence electrons. The Balaban J connectivity index is 0.000000165. The molecule has 0 heterocycles. The van der Waals surface area contributed by atoms with Crippen molar-refractivity contribution >= 4 is 0 Å². The average molecular weight is 218 g/mol. The van der Waals surface area contributed by atoms with Gasteiger partial charge in [0.25, 0.3) is 0 Å². The van der Waals surface area contributed by atoms with Crippen LogP contribution in [0.25, 0.3) is 0 Å². The van der Waals surface area contributed by atoms with E-state index in [0.29, 0.717) is 0 Å². The fourth-order valence-electron chi connectivity index (χ4n) is 2.88. The molecule has 1 saturated carbocycles. The van der Waals surface area contributed by atoms with Crippen LogP contribution in [0.4, 0.5) is 0 Å². The number of aryl methyl sites for hydroxylation is 1. The van der Waals surface area contributed by atoms with Crippen molar-refractivity contribution < 1.29 is 0 Å². The summed E-state index contributed by atoms with van der Waals surface area (Å²) in [6.07, 6.45) is 4.39. The number of hydrogen-bond donors (Lipinski definition) is 0. The van der Waals surface area contributed by atoms with Crippen LogP contribution >= 0.6 is 0 Å². The summed E-state index contributed by atoms with van der Waals surface area (Å²) in [6, 6.07) is 10.3. The number of benzene rings is 1. The van der Waals surface area contributed by atoms with Crippen LogP contribution in [-0.2, 0) is 0 Å². The lowest BCUT2D eigenvalue weighted by Gasteiger charge is -2.28. The molecule has 0 unspecified atom stereocenters. The van der Waals surface area contributed by atoms with Gasteiger partial charge >= 0.3 is 0 Å². The van der Waals surface area contributed by atoms with E-state index < -0.39 is 0 Å².